The van der Waals surface area contributed by atoms with Crippen LogP contribution in [0.15, 0.2) is 60.7 Å². The Morgan fingerprint density at radius 3 is 2.65 bits per heavy atom. The summed E-state index contributed by atoms with van der Waals surface area (Å²) >= 11 is 0. The van der Waals surface area contributed by atoms with E-state index in [0.29, 0.717) is 5.82 Å². The van der Waals surface area contributed by atoms with Gasteiger partial charge in [-0.2, -0.15) is 5.10 Å². The summed E-state index contributed by atoms with van der Waals surface area (Å²) in [5.41, 5.74) is 9.16. The first-order chi connectivity index (χ1) is 9.83. The fourth-order valence-corrected chi connectivity index (χ4v) is 2.69. The molecule has 0 saturated heterocycles. The zero-order valence-electron chi connectivity index (χ0n) is 10.8. The summed E-state index contributed by atoms with van der Waals surface area (Å²) in [4.78, 5) is 0. The number of hydrogen-bond acceptors (Lipinski definition) is 2. The summed E-state index contributed by atoms with van der Waals surface area (Å²) in [6.07, 6.45) is 0. The highest BCUT2D eigenvalue weighted by Crippen LogP contribution is 2.31. The second-order valence-corrected chi connectivity index (χ2v) is 4.90. The molecule has 4 aromatic rings. The van der Waals surface area contributed by atoms with Gasteiger partial charge >= 0.3 is 0 Å². The maximum atomic E-state index is 5.81. The molecule has 3 nitrogen and oxygen atoms in total. The predicted octanol–water partition coefficient (Wildman–Crippen LogP) is 3.97. The van der Waals surface area contributed by atoms with E-state index in [9.17, 15) is 0 Å². The number of hydrogen-bond donors (Lipinski definition) is 2. The van der Waals surface area contributed by atoms with Crippen molar-refractivity contribution in [3.05, 3.63) is 60.7 Å². The van der Waals surface area contributed by atoms with Crippen molar-refractivity contribution >= 4 is 27.5 Å². The van der Waals surface area contributed by atoms with Crippen molar-refractivity contribution in [3.63, 3.8) is 0 Å². The molecule has 0 atom stereocenters. The van der Waals surface area contributed by atoms with E-state index in [0.717, 1.165) is 16.5 Å². The number of nitrogens with two attached hydrogens (primary N) is 1. The van der Waals surface area contributed by atoms with Crippen LogP contribution in [0.3, 0.4) is 0 Å². The van der Waals surface area contributed by atoms with Crippen LogP contribution in [0.25, 0.3) is 32.8 Å². The quantitative estimate of drug-likeness (QED) is 0.543. The standard InChI is InChI=1S/C17H13N3/c18-17-15-9-8-12(10-16(15)19-20-17)14-7-3-5-11-4-1-2-6-13(11)14/h1-10H,(H3,18,19,20). The Balaban J connectivity index is 2.01. The number of rotatable bonds is 1. The van der Waals surface area contributed by atoms with Crippen LogP contribution < -0.4 is 5.73 Å². The Kier molecular flexibility index (Phi) is 2.27. The minimum atomic E-state index is 0.546. The van der Waals surface area contributed by atoms with E-state index >= 15 is 0 Å². The van der Waals surface area contributed by atoms with Gasteiger partial charge in [0, 0.05) is 5.39 Å². The van der Waals surface area contributed by atoms with E-state index in [1.807, 2.05) is 6.07 Å². The van der Waals surface area contributed by atoms with Crippen molar-refractivity contribution in [3.8, 4) is 11.1 Å². The van der Waals surface area contributed by atoms with Crippen LogP contribution in [0.4, 0.5) is 5.82 Å². The fraction of sp³-hybridized carbons (Fsp3) is 0. The van der Waals surface area contributed by atoms with E-state index in [-0.39, 0.29) is 0 Å². The van der Waals surface area contributed by atoms with Crippen LogP contribution in [0.1, 0.15) is 0 Å². The average Bonchev–Trinajstić information content (AvgIpc) is 2.87. The van der Waals surface area contributed by atoms with Crippen LogP contribution in [-0.4, -0.2) is 10.2 Å². The number of anilines is 1. The summed E-state index contributed by atoms with van der Waals surface area (Å²) in [7, 11) is 0. The zero-order valence-corrected chi connectivity index (χ0v) is 10.8. The van der Waals surface area contributed by atoms with Gasteiger partial charge in [-0.25, -0.2) is 0 Å². The lowest BCUT2D eigenvalue weighted by atomic mass is 9.98. The topological polar surface area (TPSA) is 54.7 Å². The fourth-order valence-electron chi connectivity index (χ4n) is 2.69. The molecule has 0 saturated carbocycles. The van der Waals surface area contributed by atoms with E-state index in [4.69, 9.17) is 5.73 Å². The molecule has 0 bridgehead atoms. The highest BCUT2D eigenvalue weighted by Gasteiger charge is 2.06. The monoisotopic (exact) mass is 259 g/mol. The molecular formula is C17H13N3. The van der Waals surface area contributed by atoms with Crippen molar-refractivity contribution in [2.24, 2.45) is 0 Å². The maximum Gasteiger partial charge on any atom is 0.153 e. The van der Waals surface area contributed by atoms with Crippen LogP contribution in [-0.2, 0) is 0 Å². The van der Waals surface area contributed by atoms with E-state index in [1.54, 1.807) is 0 Å². The summed E-state index contributed by atoms with van der Waals surface area (Å²) < 4.78 is 0. The Hall–Kier alpha value is -2.81. The lowest BCUT2D eigenvalue weighted by Crippen LogP contribution is -1.84. The molecule has 0 aliphatic heterocycles. The molecule has 1 heterocycles. The summed E-state index contributed by atoms with van der Waals surface area (Å²) in [5.74, 6) is 0.546. The second-order valence-electron chi connectivity index (χ2n) is 4.90. The van der Waals surface area contributed by atoms with E-state index in [1.165, 1.54) is 16.3 Å². The Labute approximate surface area is 116 Å². The molecule has 0 unspecified atom stereocenters. The van der Waals surface area contributed by atoms with Gasteiger partial charge in [0.2, 0.25) is 0 Å². The van der Waals surface area contributed by atoms with Gasteiger partial charge in [-0.15, -0.1) is 0 Å². The molecule has 20 heavy (non-hydrogen) atoms. The van der Waals surface area contributed by atoms with Gasteiger partial charge < -0.3 is 5.73 Å². The number of benzene rings is 3. The number of aromatic nitrogens is 2. The third-order valence-electron chi connectivity index (χ3n) is 3.69. The molecule has 3 aromatic carbocycles. The molecule has 0 aliphatic carbocycles. The number of H-pyrrole nitrogens is 1. The first kappa shape index (κ1) is 11.1. The van der Waals surface area contributed by atoms with Gasteiger partial charge in [-0.3, -0.25) is 5.10 Å². The number of nitrogens with one attached hydrogen (secondary N) is 1. The molecule has 1 aromatic heterocycles. The van der Waals surface area contributed by atoms with Crippen molar-refractivity contribution in [2.45, 2.75) is 0 Å². The maximum absolute atomic E-state index is 5.81. The molecule has 0 radical (unpaired) electrons. The molecule has 96 valence electrons. The Morgan fingerprint density at radius 1 is 0.850 bits per heavy atom. The molecule has 3 N–H and O–H groups in total. The number of fused-ring (bicyclic) bond motifs is 2. The number of nitrogens with zero attached hydrogens (tertiary/aromatic N) is 1. The molecule has 0 amide bonds. The Morgan fingerprint density at radius 2 is 1.70 bits per heavy atom. The van der Waals surface area contributed by atoms with Gasteiger partial charge in [0.1, 0.15) is 0 Å². The van der Waals surface area contributed by atoms with E-state index < -0.39 is 0 Å². The largest absolute Gasteiger partial charge is 0.382 e. The second kappa shape index (κ2) is 4.10. The smallest absolute Gasteiger partial charge is 0.153 e. The van der Waals surface area contributed by atoms with Crippen molar-refractivity contribution in [1.82, 2.24) is 10.2 Å². The Bertz CT molecular complexity index is 916. The number of nitrogen functional groups attached to an aromatic ring is 1. The van der Waals surface area contributed by atoms with Crippen LogP contribution in [0, 0.1) is 0 Å². The number of aromatic amines is 1. The van der Waals surface area contributed by atoms with Crippen LogP contribution in [0.2, 0.25) is 0 Å². The van der Waals surface area contributed by atoms with Crippen LogP contribution >= 0.6 is 0 Å². The first-order valence-electron chi connectivity index (χ1n) is 6.55. The van der Waals surface area contributed by atoms with Crippen molar-refractivity contribution < 1.29 is 0 Å². The highest BCUT2D eigenvalue weighted by atomic mass is 15.1. The molecular weight excluding hydrogens is 246 g/mol. The lowest BCUT2D eigenvalue weighted by molar-refractivity contribution is 1.13. The molecule has 4 rings (SSSR count). The molecule has 0 spiro atoms. The minimum absolute atomic E-state index is 0.546. The highest BCUT2D eigenvalue weighted by molar-refractivity contribution is 5.99. The summed E-state index contributed by atoms with van der Waals surface area (Å²) in [5, 5.41) is 10.5. The summed E-state index contributed by atoms with van der Waals surface area (Å²) in [6.45, 7) is 0. The van der Waals surface area contributed by atoms with Gasteiger partial charge in [0.05, 0.1) is 5.52 Å². The molecule has 0 aliphatic rings. The third-order valence-corrected chi connectivity index (χ3v) is 3.69. The predicted molar refractivity (Wildman–Crippen MR) is 83.4 cm³/mol. The molecule has 3 heteroatoms. The first-order valence-corrected chi connectivity index (χ1v) is 6.55. The third kappa shape index (κ3) is 1.57. The molecule has 0 fully saturated rings. The zero-order chi connectivity index (χ0) is 13.5. The van der Waals surface area contributed by atoms with Gasteiger partial charge in [0.15, 0.2) is 5.82 Å². The van der Waals surface area contributed by atoms with Gasteiger partial charge in [-0.1, -0.05) is 48.5 Å². The van der Waals surface area contributed by atoms with Crippen molar-refractivity contribution in [2.75, 3.05) is 5.73 Å². The summed E-state index contributed by atoms with van der Waals surface area (Å²) in [6, 6.07) is 21.0. The van der Waals surface area contributed by atoms with E-state index in [2.05, 4.69) is 64.8 Å². The SMILES string of the molecule is Nc1n[nH]c2cc(-c3cccc4ccccc34)ccc12. The normalized spacial score (nSPS) is 11.2. The van der Waals surface area contributed by atoms with Gasteiger partial charge in [0.25, 0.3) is 0 Å². The average molecular weight is 259 g/mol. The minimum Gasteiger partial charge on any atom is -0.382 e. The van der Waals surface area contributed by atoms with Crippen molar-refractivity contribution in [1.29, 1.82) is 0 Å². The lowest BCUT2D eigenvalue weighted by Gasteiger charge is -2.07. The van der Waals surface area contributed by atoms with Gasteiger partial charge in [-0.05, 0) is 34.0 Å². The van der Waals surface area contributed by atoms with Crippen LogP contribution in [0.5, 0.6) is 0 Å².